The summed E-state index contributed by atoms with van der Waals surface area (Å²) in [5.41, 5.74) is 2.40. The van der Waals surface area contributed by atoms with E-state index < -0.39 is 6.67 Å². The molecule has 0 aliphatic carbocycles. The number of Topliss-reactive ketones (excluding diaryl/α,β-unsaturated/α-hetero) is 1. The molecule has 36 heavy (non-hydrogen) atoms. The van der Waals surface area contributed by atoms with Gasteiger partial charge in [-0.05, 0) is 48.4 Å². The number of halogens is 1. The van der Waals surface area contributed by atoms with Gasteiger partial charge < -0.3 is 19.3 Å². The van der Waals surface area contributed by atoms with Crippen molar-refractivity contribution in [2.24, 2.45) is 11.8 Å². The molecule has 0 saturated carbocycles. The van der Waals surface area contributed by atoms with Gasteiger partial charge in [0.05, 0.1) is 6.10 Å². The topological polar surface area (TPSA) is 59.1 Å². The summed E-state index contributed by atoms with van der Waals surface area (Å²) in [6.45, 7) is 2.48. The highest BCUT2D eigenvalue weighted by Gasteiger charge is 2.39. The summed E-state index contributed by atoms with van der Waals surface area (Å²) >= 11 is 0. The van der Waals surface area contributed by atoms with Crippen LogP contribution >= 0.6 is 0 Å². The fraction of sp³-hybridized carbons (Fsp3) is 0.517. The van der Waals surface area contributed by atoms with E-state index in [9.17, 15) is 14.0 Å². The SMILES string of the molecule is O=C1CO[C@H]2CCN(C(=O)N3CCC([C@H](c4ccccc4)c4cccc(OCCF)c4)CC3)C[C@H]2C1. The summed E-state index contributed by atoms with van der Waals surface area (Å²) in [4.78, 5) is 29.1. The predicted octanol–water partition coefficient (Wildman–Crippen LogP) is 4.68. The van der Waals surface area contributed by atoms with Gasteiger partial charge in [0.2, 0.25) is 0 Å². The number of carbonyl (C=O) groups excluding carboxylic acids is 2. The van der Waals surface area contributed by atoms with Gasteiger partial charge in [-0.25, -0.2) is 9.18 Å². The Kier molecular flexibility index (Phi) is 7.85. The normalized spacial score (nSPS) is 23.8. The van der Waals surface area contributed by atoms with Crippen LogP contribution in [0.2, 0.25) is 0 Å². The minimum atomic E-state index is -0.513. The Morgan fingerprint density at radius 1 is 1.00 bits per heavy atom. The van der Waals surface area contributed by atoms with Crippen molar-refractivity contribution in [3.63, 3.8) is 0 Å². The van der Waals surface area contributed by atoms with Gasteiger partial charge in [-0.15, -0.1) is 0 Å². The monoisotopic (exact) mass is 494 g/mol. The maximum absolute atomic E-state index is 13.3. The number of alkyl halides is 1. The quantitative estimate of drug-likeness (QED) is 0.585. The smallest absolute Gasteiger partial charge is 0.320 e. The average molecular weight is 495 g/mol. The molecule has 0 N–H and O–H groups in total. The number of fused-ring (bicyclic) bond motifs is 1. The minimum absolute atomic E-state index is 0.0539. The molecule has 3 aliphatic heterocycles. The molecule has 3 heterocycles. The Labute approximate surface area is 212 Å². The lowest BCUT2D eigenvalue weighted by atomic mass is 9.76. The van der Waals surface area contributed by atoms with Crippen LogP contribution in [-0.2, 0) is 9.53 Å². The molecule has 7 heteroatoms. The number of ketones is 1. The molecule has 0 radical (unpaired) electrons. The number of ether oxygens (including phenoxy) is 2. The van der Waals surface area contributed by atoms with Gasteiger partial charge in [0.25, 0.3) is 0 Å². The first-order valence-corrected chi connectivity index (χ1v) is 13.1. The number of rotatable bonds is 6. The van der Waals surface area contributed by atoms with Crippen LogP contribution in [0, 0.1) is 11.8 Å². The van der Waals surface area contributed by atoms with Crippen molar-refractivity contribution in [2.45, 2.75) is 37.7 Å². The van der Waals surface area contributed by atoms with Gasteiger partial charge in [0.1, 0.15) is 25.6 Å². The Balaban J connectivity index is 1.26. The molecule has 0 bridgehead atoms. The second kappa shape index (κ2) is 11.4. The van der Waals surface area contributed by atoms with Crippen molar-refractivity contribution in [3.05, 3.63) is 65.7 Å². The minimum Gasteiger partial charge on any atom is -0.491 e. The molecule has 2 aromatic carbocycles. The first-order chi connectivity index (χ1) is 17.6. The molecule has 5 rings (SSSR count). The first kappa shape index (κ1) is 24.8. The number of benzene rings is 2. The summed E-state index contributed by atoms with van der Waals surface area (Å²) in [7, 11) is 0. The van der Waals surface area contributed by atoms with E-state index in [-0.39, 0.29) is 43.0 Å². The van der Waals surface area contributed by atoms with E-state index in [2.05, 4.69) is 30.3 Å². The Morgan fingerprint density at radius 3 is 2.53 bits per heavy atom. The zero-order valence-corrected chi connectivity index (χ0v) is 20.7. The second-order valence-electron chi connectivity index (χ2n) is 10.2. The number of hydrogen-bond acceptors (Lipinski definition) is 4. The van der Waals surface area contributed by atoms with Crippen molar-refractivity contribution in [1.29, 1.82) is 0 Å². The maximum atomic E-state index is 13.3. The number of carbonyl (C=O) groups is 2. The van der Waals surface area contributed by atoms with Crippen LogP contribution in [-0.4, -0.2) is 73.8 Å². The van der Waals surface area contributed by atoms with E-state index in [0.717, 1.165) is 24.8 Å². The number of amides is 2. The van der Waals surface area contributed by atoms with Gasteiger partial charge in [-0.2, -0.15) is 0 Å². The molecule has 3 saturated heterocycles. The molecule has 3 fully saturated rings. The average Bonchev–Trinajstić information content (AvgIpc) is 2.92. The van der Waals surface area contributed by atoms with E-state index in [1.807, 2.05) is 34.1 Å². The third kappa shape index (κ3) is 5.56. The van der Waals surface area contributed by atoms with Gasteiger partial charge in [0, 0.05) is 44.4 Å². The highest BCUT2D eigenvalue weighted by atomic mass is 19.1. The zero-order chi connectivity index (χ0) is 24.9. The number of likely N-dealkylation sites (tertiary alicyclic amines) is 2. The van der Waals surface area contributed by atoms with Gasteiger partial charge in [-0.1, -0.05) is 42.5 Å². The fourth-order valence-corrected chi connectivity index (χ4v) is 6.13. The second-order valence-corrected chi connectivity index (χ2v) is 10.2. The summed E-state index contributed by atoms with van der Waals surface area (Å²) in [5, 5.41) is 0. The van der Waals surface area contributed by atoms with Crippen LogP contribution in [0.4, 0.5) is 9.18 Å². The molecular formula is C29H35FN2O4. The summed E-state index contributed by atoms with van der Waals surface area (Å²) in [5.74, 6) is 1.50. The van der Waals surface area contributed by atoms with Gasteiger partial charge in [-0.3, -0.25) is 4.79 Å². The van der Waals surface area contributed by atoms with Crippen molar-refractivity contribution < 1.29 is 23.5 Å². The van der Waals surface area contributed by atoms with Crippen LogP contribution < -0.4 is 4.74 Å². The van der Waals surface area contributed by atoms with Crippen molar-refractivity contribution in [3.8, 4) is 5.75 Å². The molecule has 0 aromatic heterocycles. The lowest BCUT2D eigenvalue weighted by Crippen LogP contribution is -2.54. The molecule has 2 aromatic rings. The van der Waals surface area contributed by atoms with Gasteiger partial charge >= 0.3 is 6.03 Å². The van der Waals surface area contributed by atoms with Crippen molar-refractivity contribution in [2.75, 3.05) is 46.1 Å². The molecular weight excluding hydrogens is 459 g/mol. The third-order valence-corrected chi connectivity index (χ3v) is 7.89. The van der Waals surface area contributed by atoms with E-state index in [4.69, 9.17) is 9.47 Å². The summed E-state index contributed by atoms with van der Waals surface area (Å²) in [6, 6.07) is 18.6. The molecule has 0 unspecified atom stereocenters. The predicted molar refractivity (Wildman–Crippen MR) is 135 cm³/mol. The van der Waals surface area contributed by atoms with E-state index >= 15 is 0 Å². The lowest BCUT2D eigenvalue weighted by Gasteiger charge is -2.43. The number of urea groups is 1. The molecule has 0 spiro atoms. The molecule has 3 atom stereocenters. The van der Waals surface area contributed by atoms with Crippen LogP contribution in [0.5, 0.6) is 5.75 Å². The standard InChI is InChI=1S/C29H35FN2O4/c30-12-16-35-26-8-4-7-23(18-26)28(21-5-2-1-3-6-21)22-9-13-31(14-10-22)29(34)32-15-11-27-24(19-32)17-25(33)20-36-27/h1-8,18,22,24,27-28H,9-17,19-20H2/t24-,27+,28+/m1/s1. The molecule has 6 nitrogen and oxygen atoms in total. The highest BCUT2D eigenvalue weighted by Crippen LogP contribution is 2.39. The molecule has 3 aliphatic rings. The first-order valence-electron chi connectivity index (χ1n) is 13.1. The summed E-state index contributed by atoms with van der Waals surface area (Å²) in [6.07, 6.45) is 3.24. The largest absolute Gasteiger partial charge is 0.491 e. The van der Waals surface area contributed by atoms with E-state index in [0.29, 0.717) is 44.3 Å². The highest BCUT2D eigenvalue weighted by molar-refractivity contribution is 5.81. The van der Waals surface area contributed by atoms with Crippen LogP contribution in [0.3, 0.4) is 0 Å². The number of hydrogen-bond donors (Lipinski definition) is 0. The maximum Gasteiger partial charge on any atom is 0.320 e. The Bertz CT molecular complexity index is 1040. The number of nitrogens with zero attached hydrogens (tertiary/aromatic N) is 2. The third-order valence-electron chi connectivity index (χ3n) is 7.89. The summed E-state index contributed by atoms with van der Waals surface area (Å²) < 4.78 is 23.9. The van der Waals surface area contributed by atoms with Crippen LogP contribution in [0.25, 0.3) is 0 Å². The van der Waals surface area contributed by atoms with Crippen LogP contribution in [0.15, 0.2) is 54.6 Å². The molecule has 192 valence electrons. The number of piperidine rings is 2. The Hall–Kier alpha value is -2.93. The van der Waals surface area contributed by atoms with Crippen molar-refractivity contribution >= 4 is 11.8 Å². The fourth-order valence-electron chi connectivity index (χ4n) is 6.13. The van der Waals surface area contributed by atoms with E-state index in [1.165, 1.54) is 5.56 Å². The zero-order valence-electron chi connectivity index (χ0n) is 20.7. The van der Waals surface area contributed by atoms with Crippen LogP contribution in [0.1, 0.15) is 42.7 Å². The lowest BCUT2D eigenvalue weighted by molar-refractivity contribution is -0.140. The molecule has 2 amide bonds. The van der Waals surface area contributed by atoms with Crippen molar-refractivity contribution in [1.82, 2.24) is 9.80 Å². The van der Waals surface area contributed by atoms with E-state index in [1.54, 1.807) is 0 Å². The van der Waals surface area contributed by atoms with Gasteiger partial charge in [0.15, 0.2) is 5.78 Å². The Morgan fingerprint density at radius 2 is 1.75 bits per heavy atom.